The first kappa shape index (κ1) is 12.2. The standard InChI is InChI=1S/C13H19N3S/c1-9(2)16-8-13(7-15-16)14-6-12-5-10(3)17-11(12)4/h5,7-9,14H,6H2,1-4H3. The lowest BCUT2D eigenvalue weighted by molar-refractivity contribution is 0.532. The maximum Gasteiger partial charge on any atom is 0.0729 e. The van der Waals surface area contributed by atoms with E-state index in [1.54, 1.807) is 0 Å². The van der Waals surface area contributed by atoms with Crippen LogP contribution in [0.15, 0.2) is 18.5 Å². The van der Waals surface area contributed by atoms with Gasteiger partial charge in [0.1, 0.15) is 0 Å². The number of aryl methyl sites for hydroxylation is 2. The van der Waals surface area contributed by atoms with Gasteiger partial charge in [0.05, 0.1) is 11.9 Å². The molecule has 0 aliphatic heterocycles. The first-order chi connectivity index (χ1) is 8.06. The summed E-state index contributed by atoms with van der Waals surface area (Å²) in [4.78, 5) is 2.77. The molecule has 2 aromatic heterocycles. The average Bonchev–Trinajstić information content (AvgIpc) is 2.82. The Hall–Kier alpha value is -1.29. The minimum atomic E-state index is 0.413. The second-order valence-electron chi connectivity index (χ2n) is 4.59. The van der Waals surface area contributed by atoms with Gasteiger partial charge >= 0.3 is 0 Å². The fourth-order valence-corrected chi connectivity index (χ4v) is 2.71. The third kappa shape index (κ3) is 2.88. The second kappa shape index (κ2) is 4.92. The molecule has 0 aliphatic carbocycles. The number of nitrogens with one attached hydrogen (secondary N) is 1. The SMILES string of the molecule is Cc1cc(CNc2cnn(C(C)C)c2)c(C)s1. The molecule has 0 aliphatic rings. The first-order valence-corrected chi connectivity index (χ1v) is 6.72. The lowest BCUT2D eigenvalue weighted by Gasteiger charge is -2.04. The highest BCUT2D eigenvalue weighted by molar-refractivity contribution is 7.12. The molecule has 0 amide bonds. The molecule has 17 heavy (non-hydrogen) atoms. The van der Waals surface area contributed by atoms with Crippen LogP contribution in [0.5, 0.6) is 0 Å². The fraction of sp³-hybridized carbons (Fsp3) is 0.462. The molecule has 0 atom stereocenters. The summed E-state index contributed by atoms with van der Waals surface area (Å²) in [6.45, 7) is 9.45. The van der Waals surface area contributed by atoms with Gasteiger partial charge in [-0.15, -0.1) is 11.3 Å². The average molecular weight is 249 g/mol. The number of thiophene rings is 1. The van der Waals surface area contributed by atoms with Gasteiger partial charge in [-0.3, -0.25) is 4.68 Å². The zero-order chi connectivity index (χ0) is 12.4. The number of nitrogens with zero attached hydrogens (tertiary/aromatic N) is 2. The van der Waals surface area contributed by atoms with Crippen molar-refractivity contribution in [1.82, 2.24) is 9.78 Å². The summed E-state index contributed by atoms with van der Waals surface area (Å²) in [5.74, 6) is 0. The van der Waals surface area contributed by atoms with Gasteiger partial charge in [0.15, 0.2) is 0 Å². The third-order valence-corrected chi connectivity index (χ3v) is 3.77. The van der Waals surface area contributed by atoms with E-state index in [9.17, 15) is 0 Å². The molecule has 2 rings (SSSR count). The van der Waals surface area contributed by atoms with E-state index in [1.807, 2.05) is 22.2 Å². The van der Waals surface area contributed by atoms with Gasteiger partial charge in [-0.25, -0.2) is 0 Å². The Balaban J connectivity index is 2.00. The molecule has 92 valence electrons. The molecular weight excluding hydrogens is 230 g/mol. The summed E-state index contributed by atoms with van der Waals surface area (Å²) in [5, 5.41) is 7.73. The van der Waals surface area contributed by atoms with Crippen molar-refractivity contribution in [2.75, 3.05) is 5.32 Å². The number of aromatic nitrogens is 2. The van der Waals surface area contributed by atoms with E-state index in [4.69, 9.17) is 0 Å². The van der Waals surface area contributed by atoms with E-state index < -0.39 is 0 Å². The minimum absolute atomic E-state index is 0.413. The van der Waals surface area contributed by atoms with Crippen molar-refractivity contribution >= 4 is 17.0 Å². The van der Waals surface area contributed by atoms with E-state index >= 15 is 0 Å². The van der Waals surface area contributed by atoms with Crippen LogP contribution in [0.1, 0.15) is 35.2 Å². The van der Waals surface area contributed by atoms with E-state index in [1.165, 1.54) is 15.3 Å². The highest BCUT2D eigenvalue weighted by Crippen LogP contribution is 2.21. The highest BCUT2D eigenvalue weighted by atomic mass is 32.1. The summed E-state index contributed by atoms with van der Waals surface area (Å²) in [7, 11) is 0. The number of anilines is 1. The van der Waals surface area contributed by atoms with Gasteiger partial charge in [0.25, 0.3) is 0 Å². The number of hydrogen-bond donors (Lipinski definition) is 1. The van der Waals surface area contributed by atoms with Gasteiger partial charge in [-0.05, 0) is 39.3 Å². The van der Waals surface area contributed by atoms with E-state index in [0.29, 0.717) is 6.04 Å². The summed E-state index contributed by atoms with van der Waals surface area (Å²) in [6.07, 6.45) is 3.94. The Morgan fingerprint density at radius 3 is 2.71 bits per heavy atom. The summed E-state index contributed by atoms with van der Waals surface area (Å²) in [6, 6.07) is 2.66. The van der Waals surface area contributed by atoms with Gasteiger partial charge in [0.2, 0.25) is 0 Å². The zero-order valence-electron chi connectivity index (χ0n) is 10.8. The van der Waals surface area contributed by atoms with E-state index in [0.717, 1.165) is 12.2 Å². The summed E-state index contributed by atoms with van der Waals surface area (Å²) in [5.41, 5.74) is 2.46. The molecule has 0 spiro atoms. The smallest absolute Gasteiger partial charge is 0.0729 e. The van der Waals surface area contributed by atoms with Gasteiger partial charge in [-0.1, -0.05) is 0 Å². The predicted octanol–water partition coefficient (Wildman–Crippen LogP) is 3.75. The van der Waals surface area contributed by atoms with Gasteiger partial charge in [0, 0.05) is 28.5 Å². The maximum absolute atomic E-state index is 4.31. The molecule has 0 fully saturated rings. The predicted molar refractivity (Wildman–Crippen MR) is 73.7 cm³/mol. The second-order valence-corrected chi connectivity index (χ2v) is 6.06. The number of rotatable bonds is 4. The molecular formula is C13H19N3S. The molecule has 0 saturated heterocycles. The molecule has 0 unspecified atom stereocenters. The quantitative estimate of drug-likeness (QED) is 0.894. The lowest BCUT2D eigenvalue weighted by atomic mass is 10.2. The summed E-state index contributed by atoms with van der Waals surface area (Å²) >= 11 is 1.85. The molecule has 2 heterocycles. The zero-order valence-corrected chi connectivity index (χ0v) is 11.6. The maximum atomic E-state index is 4.31. The van der Waals surface area contributed by atoms with Crippen LogP contribution >= 0.6 is 11.3 Å². The largest absolute Gasteiger partial charge is 0.378 e. The Kier molecular flexibility index (Phi) is 3.52. The van der Waals surface area contributed by atoms with Crippen LogP contribution in [0.4, 0.5) is 5.69 Å². The summed E-state index contributed by atoms with van der Waals surface area (Å²) < 4.78 is 1.97. The molecule has 1 N–H and O–H groups in total. The Bertz CT molecular complexity index is 496. The molecule has 2 aromatic rings. The normalized spacial score (nSPS) is 11.1. The van der Waals surface area contributed by atoms with Gasteiger partial charge in [-0.2, -0.15) is 5.10 Å². The van der Waals surface area contributed by atoms with Crippen LogP contribution in [-0.2, 0) is 6.54 Å². The third-order valence-electron chi connectivity index (χ3n) is 2.76. The van der Waals surface area contributed by atoms with Crippen molar-refractivity contribution in [3.8, 4) is 0 Å². The van der Waals surface area contributed by atoms with Crippen LogP contribution in [0.3, 0.4) is 0 Å². The Morgan fingerprint density at radius 2 is 2.18 bits per heavy atom. The molecule has 0 radical (unpaired) electrons. The lowest BCUT2D eigenvalue weighted by Crippen LogP contribution is -2.01. The topological polar surface area (TPSA) is 29.9 Å². The van der Waals surface area contributed by atoms with Crippen LogP contribution in [0.25, 0.3) is 0 Å². The molecule has 0 saturated carbocycles. The van der Waals surface area contributed by atoms with E-state index in [2.05, 4.69) is 50.4 Å². The van der Waals surface area contributed by atoms with Crippen LogP contribution < -0.4 is 5.32 Å². The van der Waals surface area contributed by atoms with Crippen molar-refractivity contribution in [2.24, 2.45) is 0 Å². The Labute approximate surface area is 106 Å². The van der Waals surface area contributed by atoms with Crippen molar-refractivity contribution in [3.63, 3.8) is 0 Å². The highest BCUT2D eigenvalue weighted by Gasteiger charge is 2.04. The molecule has 0 bridgehead atoms. The van der Waals surface area contributed by atoms with Gasteiger partial charge < -0.3 is 5.32 Å². The Morgan fingerprint density at radius 1 is 1.41 bits per heavy atom. The molecule has 4 heteroatoms. The van der Waals surface area contributed by atoms with Crippen LogP contribution in [-0.4, -0.2) is 9.78 Å². The fourth-order valence-electron chi connectivity index (χ4n) is 1.77. The monoisotopic (exact) mass is 249 g/mol. The van der Waals surface area contributed by atoms with Crippen molar-refractivity contribution in [2.45, 2.75) is 40.3 Å². The van der Waals surface area contributed by atoms with Crippen LogP contribution in [0.2, 0.25) is 0 Å². The van der Waals surface area contributed by atoms with Crippen molar-refractivity contribution < 1.29 is 0 Å². The molecule has 0 aromatic carbocycles. The van der Waals surface area contributed by atoms with Crippen molar-refractivity contribution in [3.05, 3.63) is 33.8 Å². The minimum Gasteiger partial charge on any atom is -0.378 e. The first-order valence-electron chi connectivity index (χ1n) is 5.90. The van der Waals surface area contributed by atoms with E-state index in [-0.39, 0.29) is 0 Å². The van der Waals surface area contributed by atoms with Crippen LogP contribution in [0, 0.1) is 13.8 Å². The van der Waals surface area contributed by atoms with Crippen molar-refractivity contribution in [1.29, 1.82) is 0 Å². The molecule has 3 nitrogen and oxygen atoms in total. The number of hydrogen-bond acceptors (Lipinski definition) is 3.